The van der Waals surface area contributed by atoms with Crippen molar-refractivity contribution in [1.82, 2.24) is 0 Å². The fourth-order valence-electron chi connectivity index (χ4n) is 2.06. The lowest BCUT2D eigenvalue weighted by Gasteiger charge is -2.17. The normalized spacial score (nSPS) is 35.5. The first-order chi connectivity index (χ1) is 6.85. The van der Waals surface area contributed by atoms with E-state index in [1.807, 2.05) is 0 Å². The van der Waals surface area contributed by atoms with E-state index < -0.39 is 24.7 Å². The van der Waals surface area contributed by atoms with Gasteiger partial charge in [0.15, 0.2) is 0 Å². The van der Waals surface area contributed by atoms with E-state index in [2.05, 4.69) is 0 Å². The molecule has 86 valence electrons. The summed E-state index contributed by atoms with van der Waals surface area (Å²) in [7, 11) is -1.42. The molecule has 1 saturated carbocycles. The zero-order valence-electron chi connectivity index (χ0n) is 8.33. The van der Waals surface area contributed by atoms with Gasteiger partial charge in [-0.15, -0.1) is 0 Å². The van der Waals surface area contributed by atoms with Gasteiger partial charge < -0.3 is 26.0 Å². The maximum atomic E-state index is 10.8. The topological polar surface area (TPSA) is 124 Å². The highest BCUT2D eigenvalue weighted by Crippen LogP contribution is 2.36. The minimum atomic E-state index is -1.42. The Morgan fingerprint density at radius 3 is 2.47 bits per heavy atom. The molecule has 0 heterocycles. The lowest BCUT2D eigenvalue weighted by Crippen LogP contribution is -2.45. The van der Waals surface area contributed by atoms with Gasteiger partial charge in [-0.3, -0.25) is 4.79 Å². The van der Waals surface area contributed by atoms with E-state index in [9.17, 15) is 9.90 Å². The Morgan fingerprint density at radius 1 is 1.47 bits per heavy atom. The summed E-state index contributed by atoms with van der Waals surface area (Å²) in [4.78, 5) is 10.8. The van der Waals surface area contributed by atoms with Crippen LogP contribution in [-0.2, 0) is 4.79 Å². The van der Waals surface area contributed by atoms with Gasteiger partial charge in [-0.2, -0.15) is 0 Å². The van der Waals surface area contributed by atoms with Crippen LogP contribution in [0.15, 0.2) is 0 Å². The van der Waals surface area contributed by atoms with E-state index in [1.54, 1.807) is 0 Å². The van der Waals surface area contributed by atoms with Crippen LogP contribution in [-0.4, -0.2) is 45.0 Å². The summed E-state index contributed by atoms with van der Waals surface area (Å²) in [5, 5.41) is 35.8. The molecule has 0 radical (unpaired) electrons. The fraction of sp³-hybridized carbons (Fsp3) is 0.875. The number of aliphatic hydroxyl groups excluding tert-OH is 1. The molecule has 7 heteroatoms. The van der Waals surface area contributed by atoms with Crippen molar-refractivity contribution in [1.29, 1.82) is 0 Å². The van der Waals surface area contributed by atoms with Crippen LogP contribution < -0.4 is 5.73 Å². The molecule has 1 aliphatic rings. The van der Waals surface area contributed by atoms with Crippen LogP contribution in [0.2, 0.25) is 6.32 Å². The Kier molecular flexibility index (Phi) is 3.72. The molecule has 0 amide bonds. The Bertz CT molecular complexity index is 249. The molecule has 0 aromatic heterocycles. The molecule has 0 aliphatic heterocycles. The second-order valence-corrected chi connectivity index (χ2v) is 4.25. The highest BCUT2D eigenvalue weighted by atomic mass is 16.4. The Labute approximate surface area is 87.9 Å². The number of hydrogen-bond donors (Lipinski definition) is 5. The van der Waals surface area contributed by atoms with Crippen molar-refractivity contribution in [3.05, 3.63) is 0 Å². The zero-order valence-corrected chi connectivity index (χ0v) is 8.33. The first-order valence-electron chi connectivity index (χ1n) is 4.91. The van der Waals surface area contributed by atoms with Gasteiger partial charge in [0, 0.05) is 6.42 Å². The van der Waals surface area contributed by atoms with E-state index in [0.717, 1.165) is 0 Å². The van der Waals surface area contributed by atoms with Gasteiger partial charge >= 0.3 is 13.1 Å². The van der Waals surface area contributed by atoms with Crippen molar-refractivity contribution in [2.24, 2.45) is 11.7 Å². The largest absolute Gasteiger partial charge is 0.480 e. The third kappa shape index (κ3) is 2.91. The van der Waals surface area contributed by atoms with E-state index in [1.165, 1.54) is 0 Å². The maximum Gasteiger partial charge on any atom is 0.451 e. The van der Waals surface area contributed by atoms with E-state index >= 15 is 0 Å². The molecule has 6 N–H and O–H groups in total. The molecule has 0 aromatic rings. The van der Waals surface area contributed by atoms with Gasteiger partial charge in [0.05, 0.1) is 6.10 Å². The van der Waals surface area contributed by atoms with Crippen molar-refractivity contribution >= 4 is 13.1 Å². The van der Waals surface area contributed by atoms with Gasteiger partial charge in [0.1, 0.15) is 5.54 Å². The third-order valence-electron chi connectivity index (χ3n) is 2.97. The molecule has 15 heavy (non-hydrogen) atoms. The monoisotopic (exact) mass is 217 g/mol. The summed E-state index contributed by atoms with van der Waals surface area (Å²) in [5.74, 6) is -1.39. The molecule has 0 aromatic carbocycles. The smallest absolute Gasteiger partial charge is 0.451 e. The van der Waals surface area contributed by atoms with Crippen LogP contribution in [0.3, 0.4) is 0 Å². The standard InChI is InChI=1S/C8H16BNO5/c10-8(7(12)13)3-5(6(11)4-8)1-2-9(14)15/h5-6,11,14-15H,1-4,10H2,(H,12,13)/t5-,6?,8+/m0/s1. The van der Waals surface area contributed by atoms with Crippen LogP contribution in [0, 0.1) is 5.92 Å². The zero-order chi connectivity index (χ0) is 11.6. The molecular formula is C8H16BNO5. The Balaban J connectivity index is 2.53. The average Bonchev–Trinajstić information content (AvgIpc) is 2.39. The molecule has 0 bridgehead atoms. The van der Waals surface area contributed by atoms with Crippen LogP contribution in [0.1, 0.15) is 19.3 Å². The van der Waals surface area contributed by atoms with Crippen molar-refractivity contribution < 1.29 is 25.1 Å². The highest BCUT2D eigenvalue weighted by Gasteiger charge is 2.47. The summed E-state index contributed by atoms with van der Waals surface area (Å²) in [5.41, 5.74) is 4.23. The van der Waals surface area contributed by atoms with Crippen LogP contribution >= 0.6 is 0 Å². The number of aliphatic hydroxyl groups is 1. The summed E-state index contributed by atoms with van der Waals surface area (Å²) < 4.78 is 0. The highest BCUT2D eigenvalue weighted by molar-refractivity contribution is 6.40. The number of aliphatic carboxylic acids is 1. The second kappa shape index (κ2) is 4.48. The summed E-state index contributed by atoms with van der Waals surface area (Å²) in [6, 6.07) is 0. The molecule has 3 atom stereocenters. The summed E-state index contributed by atoms with van der Waals surface area (Å²) in [6.07, 6.45) is -0.0856. The first kappa shape index (κ1) is 12.4. The number of nitrogens with two attached hydrogens (primary N) is 1. The Hall–Kier alpha value is -0.625. The van der Waals surface area contributed by atoms with Crippen molar-refractivity contribution in [2.75, 3.05) is 0 Å². The van der Waals surface area contributed by atoms with Crippen molar-refractivity contribution in [3.63, 3.8) is 0 Å². The lowest BCUT2D eigenvalue weighted by molar-refractivity contribution is -0.143. The predicted octanol–water partition coefficient (Wildman–Crippen LogP) is -1.60. The number of rotatable bonds is 4. The third-order valence-corrected chi connectivity index (χ3v) is 2.97. The van der Waals surface area contributed by atoms with E-state index in [4.69, 9.17) is 20.9 Å². The van der Waals surface area contributed by atoms with Gasteiger partial charge in [-0.1, -0.05) is 0 Å². The molecule has 1 unspecified atom stereocenters. The number of carbonyl (C=O) groups is 1. The van der Waals surface area contributed by atoms with Crippen molar-refractivity contribution in [3.8, 4) is 0 Å². The minimum absolute atomic E-state index is 0.0223. The molecule has 1 aliphatic carbocycles. The maximum absolute atomic E-state index is 10.8. The molecule has 1 fully saturated rings. The Morgan fingerprint density at radius 2 is 2.07 bits per heavy atom. The van der Waals surface area contributed by atoms with Gasteiger partial charge in [-0.05, 0) is 25.1 Å². The number of carboxylic acid groups (broad SMARTS) is 1. The van der Waals surface area contributed by atoms with E-state index in [0.29, 0.717) is 6.42 Å². The SMILES string of the molecule is N[C@@]1(C(=O)O)CC(O)[C@@H](CCB(O)O)C1. The van der Waals surface area contributed by atoms with E-state index in [-0.39, 0.29) is 25.1 Å². The summed E-state index contributed by atoms with van der Waals surface area (Å²) >= 11 is 0. The molecule has 6 nitrogen and oxygen atoms in total. The minimum Gasteiger partial charge on any atom is -0.480 e. The van der Waals surface area contributed by atoms with Gasteiger partial charge in [0.25, 0.3) is 0 Å². The number of hydrogen-bond acceptors (Lipinski definition) is 5. The molecule has 0 spiro atoms. The fourth-order valence-corrected chi connectivity index (χ4v) is 2.06. The van der Waals surface area contributed by atoms with Crippen molar-refractivity contribution in [2.45, 2.75) is 37.2 Å². The van der Waals surface area contributed by atoms with Crippen LogP contribution in [0.4, 0.5) is 0 Å². The van der Waals surface area contributed by atoms with Gasteiger partial charge in [-0.25, -0.2) is 0 Å². The quantitative estimate of drug-likeness (QED) is 0.361. The molecule has 0 saturated heterocycles. The lowest BCUT2D eigenvalue weighted by atomic mass is 9.80. The number of carboxylic acids is 1. The average molecular weight is 217 g/mol. The second-order valence-electron chi connectivity index (χ2n) is 4.25. The predicted molar refractivity (Wildman–Crippen MR) is 52.9 cm³/mol. The molecular weight excluding hydrogens is 201 g/mol. The molecule has 1 rings (SSSR count). The summed E-state index contributed by atoms with van der Waals surface area (Å²) in [6.45, 7) is 0. The van der Waals surface area contributed by atoms with Gasteiger partial charge in [0.2, 0.25) is 0 Å². The first-order valence-corrected chi connectivity index (χ1v) is 4.91. The van der Waals surface area contributed by atoms with Crippen LogP contribution in [0.5, 0.6) is 0 Å². The van der Waals surface area contributed by atoms with Crippen LogP contribution in [0.25, 0.3) is 0 Å².